The second-order valence-corrected chi connectivity index (χ2v) is 4.11. The third kappa shape index (κ3) is 7.44. The number of aliphatic hydroxyl groups is 1. The Morgan fingerprint density at radius 2 is 1.83 bits per heavy atom. The van der Waals surface area contributed by atoms with E-state index in [4.69, 9.17) is 10.8 Å². The number of primary amides is 1. The molecule has 0 spiro atoms. The van der Waals surface area contributed by atoms with E-state index in [0.29, 0.717) is 19.4 Å². The van der Waals surface area contributed by atoms with E-state index in [1.54, 1.807) is 0 Å². The Bertz CT molecular complexity index is 317. The molecule has 0 aliphatic carbocycles. The lowest BCUT2D eigenvalue weighted by atomic mass is 10.1. The summed E-state index contributed by atoms with van der Waals surface area (Å²) in [6.45, 7) is 1.03. The highest BCUT2D eigenvalue weighted by Gasteiger charge is 2.30. The minimum Gasteiger partial charge on any atom is -0.479 e. The van der Waals surface area contributed by atoms with Crippen molar-refractivity contribution in [2.24, 2.45) is 5.73 Å². The molecule has 8 nitrogen and oxygen atoms in total. The molecule has 1 atom stereocenters. The number of hydrogen-bond donors (Lipinski definition) is 5. The van der Waals surface area contributed by atoms with Gasteiger partial charge in [-0.2, -0.15) is 0 Å². The average molecular weight is 261 g/mol. The van der Waals surface area contributed by atoms with Crippen LogP contribution in [0.15, 0.2) is 0 Å². The number of rotatable bonds is 8. The third-order valence-electron chi connectivity index (χ3n) is 2.19. The first-order valence-corrected chi connectivity index (χ1v) is 5.51. The molecule has 0 aliphatic rings. The molecule has 0 aliphatic heterocycles. The number of carbonyl (C=O) groups excluding carboxylic acids is 2. The fourth-order valence-corrected chi connectivity index (χ4v) is 1.02. The Morgan fingerprint density at radius 3 is 2.33 bits per heavy atom. The molecule has 3 amide bonds. The number of nitrogens with one attached hydrogen (secondary N) is 2. The lowest BCUT2D eigenvalue weighted by Gasteiger charge is -2.18. The fourth-order valence-electron chi connectivity index (χ4n) is 1.02. The van der Waals surface area contributed by atoms with Crippen LogP contribution in [0.4, 0.5) is 4.79 Å². The van der Waals surface area contributed by atoms with Gasteiger partial charge in [0, 0.05) is 13.0 Å². The first-order valence-electron chi connectivity index (χ1n) is 5.51. The van der Waals surface area contributed by atoms with Crippen LogP contribution in [0.1, 0.15) is 26.2 Å². The maximum atomic E-state index is 11.2. The molecule has 0 aromatic carbocycles. The van der Waals surface area contributed by atoms with Gasteiger partial charge >= 0.3 is 12.0 Å². The zero-order valence-corrected chi connectivity index (χ0v) is 10.2. The number of nitrogens with two attached hydrogens (primary N) is 1. The van der Waals surface area contributed by atoms with Crippen molar-refractivity contribution in [2.45, 2.75) is 31.8 Å². The largest absolute Gasteiger partial charge is 0.479 e. The van der Waals surface area contributed by atoms with Crippen molar-refractivity contribution in [3.8, 4) is 0 Å². The van der Waals surface area contributed by atoms with Crippen molar-refractivity contribution < 1.29 is 24.6 Å². The number of amides is 3. The van der Waals surface area contributed by atoms with E-state index in [9.17, 15) is 19.5 Å². The predicted octanol–water partition coefficient (Wildman–Crippen LogP) is -1.22. The van der Waals surface area contributed by atoms with Gasteiger partial charge in [-0.15, -0.1) is 0 Å². The number of unbranched alkanes of at least 4 members (excludes halogenated alkanes) is 1. The summed E-state index contributed by atoms with van der Waals surface area (Å²) in [4.78, 5) is 32.1. The van der Waals surface area contributed by atoms with Gasteiger partial charge in [0.05, 0.1) is 6.54 Å². The second-order valence-electron chi connectivity index (χ2n) is 4.11. The van der Waals surface area contributed by atoms with Gasteiger partial charge in [-0.05, 0) is 19.8 Å². The molecule has 0 aromatic heterocycles. The van der Waals surface area contributed by atoms with Crippen molar-refractivity contribution in [2.75, 3.05) is 13.1 Å². The smallest absolute Gasteiger partial charge is 0.337 e. The SMILES string of the molecule is CC(O)(CNC(=O)NCCCCC(N)=O)C(=O)O. The van der Waals surface area contributed by atoms with Gasteiger partial charge < -0.3 is 26.6 Å². The maximum absolute atomic E-state index is 11.2. The average Bonchev–Trinajstić information content (AvgIpc) is 2.25. The van der Waals surface area contributed by atoms with E-state index in [1.807, 2.05) is 0 Å². The fraction of sp³-hybridized carbons (Fsp3) is 0.700. The molecular weight excluding hydrogens is 242 g/mol. The van der Waals surface area contributed by atoms with Crippen molar-refractivity contribution in [1.29, 1.82) is 0 Å². The molecule has 8 heteroatoms. The van der Waals surface area contributed by atoms with E-state index in [2.05, 4.69) is 10.6 Å². The number of aliphatic carboxylic acids is 1. The van der Waals surface area contributed by atoms with Crippen LogP contribution in [-0.4, -0.2) is 46.8 Å². The van der Waals surface area contributed by atoms with E-state index < -0.39 is 30.1 Å². The molecule has 6 N–H and O–H groups in total. The number of carboxylic acid groups (broad SMARTS) is 1. The molecule has 0 aromatic rings. The van der Waals surface area contributed by atoms with E-state index >= 15 is 0 Å². The summed E-state index contributed by atoms with van der Waals surface area (Å²) in [7, 11) is 0. The van der Waals surface area contributed by atoms with Crippen LogP contribution >= 0.6 is 0 Å². The molecule has 104 valence electrons. The molecule has 0 rings (SSSR count). The summed E-state index contributed by atoms with van der Waals surface area (Å²) in [5, 5.41) is 22.6. The minimum absolute atomic E-state index is 0.261. The van der Waals surface area contributed by atoms with Crippen molar-refractivity contribution in [3.05, 3.63) is 0 Å². The van der Waals surface area contributed by atoms with Crippen LogP contribution in [0, 0.1) is 0 Å². The number of hydrogen-bond acceptors (Lipinski definition) is 4. The normalized spacial score (nSPS) is 13.4. The van der Waals surface area contributed by atoms with Crippen molar-refractivity contribution in [1.82, 2.24) is 10.6 Å². The standard InChI is InChI=1S/C10H19N3O5/c1-10(18,8(15)16)6-13-9(17)12-5-3-2-4-7(11)14/h18H,2-6H2,1H3,(H2,11,14)(H,15,16)(H2,12,13,17). The van der Waals surface area contributed by atoms with Gasteiger partial charge in [0.1, 0.15) is 0 Å². The number of urea groups is 1. The number of carboxylic acids is 1. The summed E-state index contributed by atoms with van der Waals surface area (Å²) >= 11 is 0. The maximum Gasteiger partial charge on any atom is 0.337 e. The molecule has 1 unspecified atom stereocenters. The van der Waals surface area contributed by atoms with E-state index in [1.165, 1.54) is 0 Å². The zero-order chi connectivity index (χ0) is 14.2. The van der Waals surface area contributed by atoms with Gasteiger partial charge in [-0.3, -0.25) is 4.79 Å². The molecule has 0 saturated carbocycles. The summed E-state index contributed by atoms with van der Waals surface area (Å²) in [5.74, 6) is -1.80. The highest BCUT2D eigenvalue weighted by Crippen LogP contribution is 2.00. The molecule has 0 radical (unpaired) electrons. The van der Waals surface area contributed by atoms with Crippen LogP contribution in [0.25, 0.3) is 0 Å². The van der Waals surface area contributed by atoms with Gasteiger partial charge in [0.25, 0.3) is 0 Å². The quantitative estimate of drug-likeness (QED) is 0.348. The van der Waals surface area contributed by atoms with Gasteiger partial charge in [-0.25, -0.2) is 9.59 Å². The van der Waals surface area contributed by atoms with Crippen LogP contribution in [-0.2, 0) is 9.59 Å². The van der Waals surface area contributed by atoms with Crippen LogP contribution < -0.4 is 16.4 Å². The monoisotopic (exact) mass is 261 g/mol. The summed E-state index contributed by atoms with van der Waals surface area (Å²) in [6.07, 6.45) is 1.42. The highest BCUT2D eigenvalue weighted by atomic mass is 16.4. The van der Waals surface area contributed by atoms with Gasteiger partial charge in [-0.1, -0.05) is 0 Å². The zero-order valence-electron chi connectivity index (χ0n) is 10.2. The van der Waals surface area contributed by atoms with E-state index in [0.717, 1.165) is 6.92 Å². The van der Waals surface area contributed by atoms with Crippen LogP contribution in [0.3, 0.4) is 0 Å². The molecule has 0 fully saturated rings. The Labute approximate surface area is 105 Å². The summed E-state index contributed by atoms with van der Waals surface area (Å²) < 4.78 is 0. The second kappa shape index (κ2) is 7.49. The number of carbonyl (C=O) groups is 3. The summed E-state index contributed by atoms with van der Waals surface area (Å²) in [5.41, 5.74) is 2.94. The minimum atomic E-state index is -2.00. The molecule has 0 saturated heterocycles. The Balaban J connectivity index is 3.67. The Kier molecular flexibility index (Phi) is 6.73. The molecule has 18 heavy (non-hydrogen) atoms. The third-order valence-corrected chi connectivity index (χ3v) is 2.19. The highest BCUT2D eigenvalue weighted by molar-refractivity contribution is 5.79. The Hall–Kier alpha value is -1.83. The van der Waals surface area contributed by atoms with E-state index in [-0.39, 0.29) is 6.42 Å². The van der Waals surface area contributed by atoms with Gasteiger partial charge in [0.15, 0.2) is 5.60 Å². The predicted molar refractivity (Wildman–Crippen MR) is 62.7 cm³/mol. The lowest BCUT2D eigenvalue weighted by molar-refractivity contribution is -0.155. The van der Waals surface area contributed by atoms with Crippen LogP contribution in [0.5, 0.6) is 0 Å². The molecular formula is C10H19N3O5. The molecule has 0 heterocycles. The first-order chi connectivity index (χ1) is 8.25. The Morgan fingerprint density at radius 1 is 1.22 bits per heavy atom. The molecule has 0 bridgehead atoms. The topological polar surface area (TPSA) is 142 Å². The van der Waals surface area contributed by atoms with Gasteiger partial charge in [0.2, 0.25) is 5.91 Å². The summed E-state index contributed by atoms with van der Waals surface area (Å²) in [6, 6.07) is -0.574. The first kappa shape index (κ1) is 16.2. The van der Waals surface area contributed by atoms with Crippen molar-refractivity contribution >= 4 is 17.9 Å². The lowest BCUT2D eigenvalue weighted by Crippen LogP contribution is -2.49. The van der Waals surface area contributed by atoms with Crippen LogP contribution in [0.2, 0.25) is 0 Å². The van der Waals surface area contributed by atoms with Crippen molar-refractivity contribution in [3.63, 3.8) is 0 Å².